The molecule has 0 aromatic carbocycles. The zero-order valence-electron chi connectivity index (χ0n) is 12.6. The monoisotopic (exact) mass is 328 g/mol. The highest BCUT2D eigenvalue weighted by molar-refractivity contribution is 7.88. The maximum absolute atomic E-state index is 12.2. The number of hydrogen-bond donors (Lipinski definition) is 1. The standard InChI is InChI=1S/C14H20N2O5S/c1-20-13-6-5-12(21-13)14(17)15-11-8-16(22(2,18)19)7-10(11)9-3-4-9/h5-6,9-11H,3-4,7-8H2,1-2H3,(H,15,17)/t10-,11+/m1/s1. The van der Waals surface area contributed by atoms with Crippen molar-refractivity contribution < 1.29 is 22.4 Å². The van der Waals surface area contributed by atoms with Gasteiger partial charge in [-0.3, -0.25) is 4.79 Å². The maximum Gasteiger partial charge on any atom is 0.287 e. The first-order valence-electron chi connectivity index (χ1n) is 7.28. The molecule has 0 bridgehead atoms. The largest absolute Gasteiger partial charge is 0.468 e. The molecule has 1 N–H and O–H groups in total. The fourth-order valence-electron chi connectivity index (χ4n) is 3.01. The highest BCUT2D eigenvalue weighted by atomic mass is 32.2. The van der Waals surface area contributed by atoms with Crippen molar-refractivity contribution in [3.63, 3.8) is 0 Å². The maximum atomic E-state index is 12.2. The van der Waals surface area contributed by atoms with E-state index in [1.807, 2.05) is 0 Å². The van der Waals surface area contributed by atoms with Crippen LogP contribution in [0, 0.1) is 11.8 Å². The molecule has 0 spiro atoms. The van der Waals surface area contributed by atoms with Gasteiger partial charge in [-0.1, -0.05) is 0 Å². The molecule has 2 aliphatic rings. The number of furan rings is 1. The van der Waals surface area contributed by atoms with Crippen LogP contribution in [0.25, 0.3) is 0 Å². The van der Waals surface area contributed by atoms with Crippen molar-refractivity contribution in [3.05, 3.63) is 17.9 Å². The number of methoxy groups -OCH3 is 1. The second-order valence-electron chi connectivity index (χ2n) is 5.98. The molecule has 0 unspecified atom stereocenters. The summed E-state index contributed by atoms with van der Waals surface area (Å²) in [7, 11) is -1.77. The van der Waals surface area contributed by atoms with Crippen LogP contribution in [-0.2, 0) is 10.0 Å². The summed E-state index contributed by atoms with van der Waals surface area (Å²) < 4.78 is 35.1. The summed E-state index contributed by atoms with van der Waals surface area (Å²) in [6.07, 6.45) is 3.41. The molecule has 1 aromatic rings. The van der Waals surface area contributed by atoms with Gasteiger partial charge < -0.3 is 14.5 Å². The Balaban J connectivity index is 1.70. The minimum absolute atomic E-state index is 0.171. The van der Waals surface area contributed by atoms with E-state index in [-0.39, 0.29) is 29.6 Å². The number of ether oxygens (including phenoxy) is 1. The minimum Gasteiger partial charge on any atom is -0.468 e. The van der Waals surface area contributed by atoms with E-state index in [0.717, 1.165) is 12.8 Å². The van der Waals surface area contributed by atoms with Gasteiger partial charge in [0.25, 0.3) is 11.9 Å². The third-order valence-corrected chi connectivity index (χ3v) is 5.59. The quantitative estimate of drug-likeness (QED) is 0.859. The number of rotatable bonds is 5. The van der Waals surface area contributed by atoms with E-state index in [1.165, 1.54) is 17.7 Å². The number of nitrogens with one attached hydrogen (secondary N) is 1. The van der Waals surface area contributed by atoms with Crippen LogP contribution >= 0.6 is 0 Å². The lowest BCUT2D eigenvalue weighted by Gasteiger charge is -2.18. The fraction of sp³-hybridized carbons (Fsp3) is 0.643. The lowest BCUT2D eigenvalue weighted by Crippen LogP contribution is -2.41. The van der Waals surface area contributed by atoms with E-state index in [2.05, 4.69) is 5.32 Å². The second kappa shape index (κ2) is 5.58. The predicted molar refractivity (Wildman–Crippen MR) is 79.1 cm³/mol. The molecule has 2 heterocycles. The topological polar surface area (TPSA) is 88.9 Å². The first-order chi connectivity index (χ1) is 10.4. The van der Waals surface area contributed by atoms with Crippen LogP contribution < -0.4 is 10.1 Å². The minimum atomic E-state index is -3.24. The Labute approximate surface area is 129 Å². The first-order valence-corrected chi connectivity index (χ1v) is 9.13. The number of carbonyl (C=O) groups is 1. The molecule has 0 radical (unpaired) electrons. The van der Waals surface area contributed by atoms with Gasteiger partial charge in [0.15, 0.2) is 5.76 Å². The molecule has 1 saturated carbocycles. The van der Waals surface area contributed by atoms with Crippen molar-refractivity contribution in [1.82, 2.24) is 9.62 Å². The van der Waals surface area contributed by atoms with Crippen molar-refractivity contribution in [1.29, 1.82) is 0 Å². The van der Waals surface area contributed by atoms with Gasteiger partial charge in [-0.25, -0.2) is 8.42 Å². The van der Waals surface area contributed by atoms with Gasteiger partial charge in [0.05, 0.1) is 13.4 Å². The van der Waals surface area contributed by atoms with Gasteiger partial charge >= 0.3 is 0 Å². The third-order valence-electron chi connectivity index (χ3n) is 4.35. The van der Waals surface area contributed by atoms with Crippen LogP contribution in [0.15, 0.2) is 16.5 Å². The average molecular weight is 328 g/mol. The zero-order valence-corrected chi connectivity index (χ0v) is 13.4. The molecule has 3 rings (SSSR count). The van der Waals surface area contributed by atoms with E-state index in [1.54, 1.807) is 12.1 Å². The van der Waals surface area contributed by atoms with Gasteiger partial charge in [0, 0.05) is 25.2 Å². The Morgan fingerprint density at radius 1 is 1.36 bits per heavy atom. The molecule has 1 amide bonds. The first kappa shape index (κ1) is 15.4. The molecule has 2 atom stereocenters. The van der Waals surface area contributed by atoms with Crippen LogP contribution in [0.3, 0.4) is 0 Å². The highest BCUT2D eigenvalue weighted by Crippen LogP contribution is 2.42. The number of amides is 1. The summed E-state index contributed by atoms with van der Waals surface area (Å²) in [5.41, 5.74) is 0. The van der Waals surface area contributed by atoms with Crippen LogP contribution in [0.2, 0.25) is 0 Å². The molecule has 8 heteroatoms. The Morgan fingerprint density at radius 3 is 2.64 bits per heavy atom. The lowest BCUT2D eigenvalue weighted by atomic mass is 9.98. The van der Waals surface area contributed by atoms with E-state index in [0.29, 0.717) is 19.0 Å². The molecule has 1 aromatic heterocycles. The molecule has 22 heavy (non-hydrogen) atoms. The molecular formula is C14H20N2O5S. The number of sulfonamides is 1. The predicted octanol–water partition coefficient (Wildman–Crippen LogP) is 0.688. The Kier molecular flexibility index (Phi) is 3.90. The fourth-order valence-corrected chi connectivity index (χ4v) is 3.88. The van der Waals surface area contributed by atoms with E-state index in [9.17, 15) is 13.2 Å². The van der Waals surface area contributed by atoms with Crippen LogP contribution in [0.1, 0.15) is 23.4 Å². The van der Waals surface area contributed by atoms with Crippen molar-refractivity contribution in [2.45, 2.75) is 18.9 Å². The number of nitrogens with zero attached hydrogens (tertiary/aromatic N) is 1. The Morgan fingerprint density at radius 2 is 2.09 bits per heavy atom. The lowest BCUT2D eigenvalue weighted by molar-refractivity contribution is 0.0894. The summed E-state index contributed by atoms with van der Waals surface area (Å²) in [5, 5.41) is 2.91. The number of carbonyl (C=O) groups excluding carboxylic acids is 1. The molecule has 1 aliphatic carbocycles. The van der Waals surface area contributed by atoms with Crippen LogP contribution in [0.5, 0.6) is 5.95 Å². The van der Waals surface area contributed by atoms with Gasteiger partial charge in [-0.05, 0) is 30.7 Å². The SMILES string of the molecule is COc1ccc(C(=O)N[C@H]2CN(S(C)(=O)=O)C[C@@H]2C2CC2)o1. The van der Waals surface area contributed by atoms with Gasteiger partial charge in [0.2, 0.25) is 10.0 Å². The summed E-state index contributed by atoms with van der Waals surface area (Å²) in [4.78, 5) is 12.2. The number of hydrogen-bond acceptors (Lipinski definition) is 5. The van der Waals surface area contributed by atoms with E-state index in [4.69, 9.17) is 9.15 Å². The van der Waals surface area contributed by atoms with Crippen molar-refractivity contribution in [3.8, 4) is 5.95 Å². The van der Waals surface area contributed by atoms with E-state index >= 15 is 0 Å². The van der Waals surface area contributed by atoms with Crippen molar-refractivity contribution in [2.75, 3.05) is 26.5 Å². The van der Waals surface area contributed by atoms with Gasteiger partial charge in [-0.15, -0.1) is 0 Å². The van der Waals surface area contributed by atoms with Crippen molar-refractivity contribution in [2.24, 2.45) is 11.8 Å². The van der Waals surface area contributed by atoms with Gasteiger partial charge in [0.1, 0.15) is 0 Å². The second-order valence-corrected chi connectivity index (χ2v) is 7.97. The van der Waals surface area contributed by atoms with Crippen molar-refractivity contribution >= 4 is 15.9 Å². The molecule has 1 saturated heterocycles. The normalized spacial score (nSPS) is 26.1. The molecule has 1 aliphatic heterocycles. The molecule has 2 fully saturated rings. The summed E-state index contributed by atoms with van der Waals surface area (Å²) in [6, 6.07) is 2.94. The van der Waals surface area contributed by atoms with Crippen LogP contribution in [0.4, 0.5) is 0 Å². The summed E-state index contributed by atoms with van der Waals surface area (Å²) in [6.45, 7) is 0.805. The molecule has 122 valence electrons. The summed E-state index contributed by atoms with van der Waals surface area (Å²) in [5.74, 6) is 0.783. The van der Waals surface area contributed by atoms with E-state index < -0.39 is 10.0 Å². The molecular weight excluding hydrogens is 308 g/mol. The highest BCUT2D eigenvalue weighted by Gasteiger charge is 2.45. The summed E-state index contributed by atoms with van der Waals surface area (Å²) >= 11 is 0. The Bertz CT molecular complexity index is 665. The molecule has 7 nitrogen and oxygen atoms in total. The Hall–Kier alpha value is -1.54. The van der Waals surface area contributed by atoms with Gasteiger partial charge in [-0.2, -0.15) is 4.31 Å². The smallest absolute Gasteiger partial charge is 0.287 e. The third kappa shape index (κ3) is 3.12. The van der Waals surface area contributed by atoms with Crippen LogP contribution in [-0.4, -0.2) is 51.1 Å². The zero-order chi connectivity index (χ0) is 15.9. The average Bonchev–Trinajstić information content (AvgIpc) is 3.02.